The van der Waals surface area contributed by atoms with Gasteiger partial charge in [-0.05, 0) is 42.3 Å². The lowest BCUT2D eigenvalue weighted by atomic mass is 10.1. The highest BCUT2D eigenvalue weighted by Gasteiger charge is 2.08. The topological polar surface area (TPSA) is 42.4 Å². The summed E-state index contributed by atoms with van der Waals surface area (Å²) in [4.78, 5) is 3.89. The minimum Gasteiger partial charge on any atom is -0.486 e. The van der Waals surface area contributed by atoms with Gasteiger partial charge in [0.1, 0.15) is 6.61 Å². The molecule has 0 radical (unpaired) electrons. The first-order valence-electron chi connectivity index (χ1n) is 5.66. The Morgan fingerprint density at radius 3 is 2.61 bits per heavy atom. The minimum absolute atomic E-state index is 0.177. The Morgan fingerprint density at radius 2 is 2.00 bits per heavy atom. The first kappa shape index (κ1) is 12.5. The minimum atomic E-state index is -0.686. The van der Waals surface area contributed by atoms with Crippen LogP contribution in [0.3, 0.4) is 0 Å². The smallest absolute Gasteiger partial charge is 0.165 e. The van der Waals surface area contributed by atoms with Crippen LogP contribution in [0.25, 0.3) is 0 Å². The van der Waals surface area contributed by atoms with Gasteiger partial charge in [0.05, 0.1) is 6.10 Å². The van der Waals surface area contributed by atoms with Crippen LogP contribution in [0.1, 0.15) is 24.2 Å². The number of benzene rings is 1. The Hall–Kier alpha value is -1.94. The number of aliphatic hydroxyl groups excluding tert-OH is 1. The highest BCUT2D eigenvalue weighted by Crippen LogP contribution is 2.22. The van der Waals surface area contributed by atoms with Crippen molar-refractivity contribution in [2.24, 2.45) is 0 Å². The van der Waals surface area contributed by atoms with Gasteiger partial charge in [-0.2, -0.15) is 0 Å². The highest BCUT2D eigenvalue weighted by molar-refractivity contribution is 5.30. The Balaban J connectivity index is 2.06. The quantitative estimate of drug-likeness (QED) is 0.903. The lowest BCUT2D eigenvalue weighted by Crippen LogP contribution is -1.99. The summed E-state index contributed by atoms with van der Waals surface area (Å²) >= 11 is 0. The molecule has 1 aromatic heterocycles. The number of hydrogen-bond donors (Lipinski definition) is 1. The molecule has 1 aromatic carbocycles. The van der Waals surface area contributed by atoms with Gasteiger partial charge in [0.25, 0.3) is 0 Å². The highest BCUT2D eigenvalue weighted by atomic mass is 19.1. The molecule has 0 spiro atoms. The molecule has 4 heteroatoms. The van der Waals surface area contributed by atoms with Crippen LogP contribution in [0.4, 0.5) is 4.39 Å². The molecule has 0 saturated carbocycles. The molecular weight excluding hydrogens is 233 g/mol. The third kappa shape index (κ3) is 3.05. The number of pyridine rings is 1. The van der Waals surface area contributed by atoms with Gasteiger partial charge < -0.3 is 9.84 Å². The predicted molar refractivity (Wildman–Crippen MR) is 65.6 cm³/mol. The number of aliphatic hydroxyl groups is 1. The fourth-order valence-corrected chi connectivity index (χ4v) is 1.53. The second-order valence-corrected chi connectivity index (χ2v) is 4.01. The average Bonchev–Trinajstić information content (AvgIpc) is 2.38. The van der Waals surface area contributed by atoms with Crippen molar-refractivity contribution in [1.82, 2.24) is 4.98 Å². The van der Waals surface area contributed by atoms with Crippen LogP contribution in [0.2, 0.25) is 0 Å². The molecule has 2 rings (SSSR count). The molecule has 3 nitrogen and oxygen atoms in total. The molecule has 1 heterocycles. The molecule has 0 unspecified atom stereocenters. The number of nitrogens with zero attached hydrogens (tertiary/aromatic N) is 1. The number of ether oxygens (including phenoxy) is 1. The van der Waals surface area contributed by atoms with Gasteiger partial charge in [0, 0.05) is 12.4 Å². The van der Waals surface area contributed by atoms with E-state index in [0.717, 1.165) is 5.56 Å². The molecule has 0 fully saturated rings. The summed E-state index contributed by atoms with van der Waals surface area (Å²) in [6.45, 7) is 1.87. The summed E-state index contributed by atoms with van der Waals surface area (Å²) < 4.78 is 19.0. The molecule has 1 atom stereocenters. The van der Waals surface area contributed by atoms with E-state index in [2.05, 4.69) is 4.98 Å². The second-order valence-electron chi connectivity index (χ2n) is 4.01. The van der Waals surface area contributed by atoms with E-state index in [4.69, 9.17) is 4.74 Å². The van der Waals surface area contributed by atoms with E-state index in [9.17, 15) is 9.50 Å². The van der Waals surface area contributed by atoms with E-state index in [1.54, 1.807) is 25.4 Å². The van der Waals surface area contributed by atoms with Crippen LogP contribution in [0, 0.1) is 5.82 Å². The van der Waals surface area contributed by atoms with Crippen LogP contribution in [0.5, 0.6) is 5.75 Å². The maximum atomic E-state index is 13.7. The van der Waals surface area contributed by atoms with Gasteiger partial charge in [-0.25, -0.2) is 4.39 Å². The van der Waals surface area contributed by atoms with Crippen molar-refractivity contribution in [1.29, 1.82) is 0 Å². The van der Waals surface area contributed by atoms with Crippen molar-refractivity contribution in [2.75, 3.05) is 0 Å². The van der Waals surface area contributed by atoms with Crippen molar-refractivity contribution >= 4 is 0 Å². The fraction of sp³-hybridized carbons (Fsp3) is 0.214. The molecule has 1 N–H and O–H groups in total. The molecule has 94 valence electrons. The molecule has 0 aliphatic carbocycles. The molecule has 0 bridgehead atoms. The normalized spacial score (nSPS) is 12.2. The first-order valence-corrected chi connectivity index (χ1v) is 5.66. The van der Waals surface area contributed by atoms with Gasteiger partial charge >= 0.3 is 0 Å². The maximum absolute atomic E-state index is 13.7. The summed E-state index contributed by atoms with van der Waals surface area (Å²) in [5, 5.41) is 9.33. The molecular formula is C14H14FNO2. The lowest BCUT2D eigenvalue weighted by Gasteiger charge is -2.10. The van der Waals surface area contributed by atoms with E-state index in [1.807, 2.05) is 12.1 Å². The molecule has 2 aromatic rings. The standard InChI is InChI=1S/C14H14FNO2/c1-10(17)12-2-3-14(13(15)8-12)18-9-11-4-6-16-7-5-11/h2-8,10,17H,9H2,1H3/t10-/m0/s1. The third-order valence-corrected chi connectivity index (χ3v) is 2.58. The maximum Gasteiger partial charge on any atom is 0.165 e. The lowest BCUT2D eigenvalue weighted by molar-refractivity contribution is 0.198. The first-order chi connectivity index (χ1) is 8.66. The summed E-state index contributed by atoms with van der Waals surface area (Å²) in [6, 6.07) is 8.07. The molecule has 0 amide bonds. The van der Waals surface area contributed by atoms with E-state index in [1.165, 1.54) is 12.1 Å². The van der Waals surface area contributed by atoms with Gasteiger partial charge in [-0.3, -0.25) is 4.98 Å². The Morgan fingerprint density at radius 1 is 1.28 bits per heavy atom. The van der Waals surface area contributed by atoms with Gasteiger partial charge in [-0.15, -0.1) is 0 Å². The number of rotatable bonds is 4. The summed E-state index contributed by atoms with van der Waals surface area (Å²) in [5.41, 5.74) is 1.45. The molecule has 0 aliphatic heterocycles. The van der Waals surface area contributed by atoms with Crippen molar-refractivity contribution in [3.8, 4) is 5.75 Å². The third-order valence-electron chi connectivity index (χ3n) is 2.58. The van der Waals surface area contributed by atoms with Crippen molar-refractivity contribution in [3.05, 3.63) is 59.7 Å². The predicted octanol–water partition coefficient (Wildman–Crippen LogP) is 2.85. The van der Waals surface area contributed by atoms with E-state index >= 15 is 0 Å². The molecule has 18 heavy (non-hydrogen) atoms. The molecule has 0 aliphatic rings. The fourth-order valence-electron chi connectivity index (χ4n) is 1.53. The average molecular weight is 247 g/mol. The Labute approximate surface area is 105 Å². The van der Waals surface area contributed by atoms with Crippen LogP contribution in [-0.2, 0) is 6.61 Å². The van der Waals surface area contributed by atoms with Gasteiger partial charge in [0.15, 0.2) is 11.6 Å². The van der Waals surface area contributed by atoms with Crippen molar-refractivity contribution in [3.63, 3.8) is 0 Å². The zero-order valence-corrected chi connectivity index (χ0v) is 10.0. The van der Waals surface area contributed by atoms with Crippen LogP contribution >= 0.6 is 0 Å². The molecule has 0 saturated heterocycles. The van der Waals surface area contributed by atoms with Crippen LogP contribution < -0.4 is 4.74 Å². The Kier molecular flexibility index (Phi) is 3.89. The number of hydrogen-bond acceptors (Lipinski definition) is 3. The van der Waals surface area contributed by atoms with Crippen molar-refractivity contribution in [2.45, 2.75) is 19.6 Å². The second kappa shape index (κ2) is 5.60. The van der Waals surface area contributed by atoms with E-state index in [0.29, 0.717) is 5.56 Å². The van der Waals surface area contributed by atoms with Gasteiger partial charge in [0.2, 0.25) is 0 Å². The SMILES string of the molecule is C[C@H](O)c1ccc(OCc2ccncc2)c(F)c1. The Bertz CT molecular complexity index is 514. The van der Waals surface area contributed by atoms with Crippen LogP contribution in [0.15, 0.2) is 42.7 Å². The van der Waals surface area contributed by atoms with E-state index in [-0.39, 0.29) is 12.4 Å². The van der Waals surface area contributed by atoms with Crippen molar-refractivity contribution < 1.29 is 14.2 Å². The zero-order chi connectivity index (χ0) is 13.0. The monoisotopic (exact) mass is 247 g/mol. The summed E-state index contributed by atoms with van der Waals surface area (Å²) in [7, 11) is 0. The largest absolute Gasteiger partial charge is 0.486 e. The number of aromatic nitrogens is 1. The zero-order valence-electron chi connectivity index (χ0n) is 10.0. The summed E-state index contributed by atoms with van der Waals surface area (Å²) in [6.07, 6.45) is 2.63. The van der Waals surface area contributed by atoms with Crippen LogP contribution in [-0.4, -0.2) is 10.1 Å². The number of halogens is 1. The van der Waals surface area contributed by atoms with E-state index < -0.39 is 11.9 Å². The van der Waals surface area contributed by atoms with Gasteiger partial charge in [-0.1, -0.05) is 6.07 Å². The summed E-state index contributed by atoms with van der Waals surface area (Å²) in [5.74, 6) is -0.293.